The number of nitrogens with two attached hydrogens (primary N) is 1. The SMILES string of the molecule is Nc1ccc(=O)n(CCc2ccccn2)n1. The Bertz CT molecular complexity index is 521. The lowest BCUT2D eigenvalue weighted by molar-refractivity contribution is 0.577. The molecule has 5 nitrogen and oxygen atoms in total. The summed E-state index contributed by atoms with van der Waals surface area (Å²) in [6, 6.07) is 8.60. The number of nitrogens with zero attached hydrogens (tertiary/aromatic N) is 3. The van der Waals surface area contributed by atoms with Gasteiger partial charge >= 0.3 is 0 Å². The van der Waals surface area contributed by atoms with E-state index >= 15 is 0 Å². The minimum absolute atomic E-state index is 0.148. The number of aromatic nitrogens is 3. The van der Waals surface area contributed by atoms with Crippen LogP contribution in [0.1, 0.15) is 5.69 Å². The van der Waals surface area contributed by atoms with Gasteiger partial charge in [-0.25, -0.2) is 4.68 Å². The highest BCUT2D eigenvalue weighted by Crippen LogP contribution is 1.96. The van der Waals surface area contributed by atoms with Crippen LogP contribution in [0.25, 0.3) is 0 Å². The van der Waals surface area contributed by atoms with E-state index in [1.807, 2.05) is 18.2 Å². The van der Waals surface area contributed by atoms with E-state index in [0.717, 1.165) is 5.69 Å². The van der Waals surface area contributed by atoms with Crippen LogP contribution >= 0.6 is 0 Å². The number of hydrogen-bond donors (Lipinski definition) is 1. The van der Waals surface area contributed by atoms with Crippen LogP contribution < -0.4 is 11.3 Å². The summed E-state index contributed by atoms with van der Waals surface area (Å²) in [4.78, 5) is 15.6. The topological polar surface area (TPSA) is 73.8 Å². The molecule has 0 bridgehead atoms. The van der Waals surface area contributed by atoms with Gasteiger partial charge in [-0.1, -0.05) is 6.07 Å². The zero-order chi connectivity index (χ0) is 11.4. The monoisotopic (exact) mass is 216 g/mol. The lowest BCUT2D eigenvalue weighted by atomic mass is 10.3. The molecular formula is C11H12N4O. The summed E-state index contributed by atoms with van der Waals surface area (Å²) in [5, 5.41) is 3.94. The zero-order valence-corrected chi connectivity index (χ0v) is 8.71. The first-order valence-corrected chi connectivity index (χ1v) is 4.99. The van der Waals surface area contributed by atoms with Gasteiger partial charge in [0.25, 0.3) is 5.56 Å². The third-order valence-corrected chi connectivity index (χ3v) is 2.19. The van der Waals surface area contributed by atoms with Crippen LogP contribution in [0.2, 0.25) is 0 Å². The second-order valence-corrected chi connectivity index (χ2v) is 3.39. The van der Waals surface area contributed by atoms with Crippen molar-refractivity contribution in [2.24, 2.45) is 0 Å². The molecule has 2 N–H and O–H groups in total. The van der Waals surface area contributed by atoms with Gasteiger partial charge in [0.2, 0.25) is 0 Å². The Morgan fingerprint density at radius 3 is 2.88 bits per heavy atom. The highest BCUT2D eigenvalue weighted by atomic mass is 16.1. The van der Waals surface area contributed by atoms with Crippen molar-refractivity contribution in [1.82, 2.24) is 14.8 Å². The zero-order valence-electron chi connectivity index (χ0n) is 8.71. The van der Waals surface area contributed by atoms with Crippen LogP contribution in [-0.4, -0.2) is 14.8 Å². The fourth-order valence-corrected chi connectivity index (χ4v) is 1.39. The average molecular weight is 216 g/mol. The van der Waals surface area contributed by atoms with E-state index in [9.17, 15) is 4.79 Å². The fourth-order valence-electron chi connectivity index (χ4n) is 1.39. The van der Waals surface area contributed by atoms with Gasteiger partial charge in [-0.2, -0.15) is 5.10 Å². The molecule has 5 heteroatoms. The Morgan fingerprint density at radius 1 is 1.25 bits per heavy atom. The van der Waals surface area contributed by atoms with Gasteiger partial charge in [0, 0.05) is 24.4 Å². The number of rotatable bonds is 3. The summed E-state index contributed by atoms with van der Waals surface area (Å²) in [7, 11) is 0. The largest absolute Gasteiger partial charge is 0.382 e. The van der Waals surface area contributed by atoms with E-state index in [2.05, 4.69) is 10.1 Å². The summed E-state index contributed by atoms with van der Waals surface area (Å²) >= 11 is 0. The molecule has 0 aliphatic carbocycles. The fraction of sp³-hybridized carbons (Fsp3) is 0.182. The molecule has 2 rings (SSSR count). The Balaban J connectivity index is 2.11. The van der Waals surface area contributed by atoms with Crippen molar-refractivity contribution in [3.8, 4) is 0 Å². The molecule has 0 spiro atoms. The van der Waals surface area contributed by atoms with E-state index in [1.165, 1.54) is 16.8 Å². The second-order valence-electron chi connectivity index (χ2n) is 3.39. The molecule has 0 saturated carbocycles. The van der Waals surface area contributed by atoms with Crippen LogP contribution in [0.4, 0.5) is 5.82 Å². The van der Waals surface area contributed by atoms with Crippen molar-refractivity contribution in [3.05, 3.63) is 52.6 Å². The minimum atomic E-state index is -0.148. The Morgan fingerprint density at radius 2 is 2.12 bits per heavy atom. The molecule has 0 radical (unpaired) electrons. The molecule has 0 saturated heterocycles. The Hall–Kier alpha value is -2.17. The van der Waals surface area contributed by atoms with Crippen molar-refractivity contribution in [2.45, 2.75) is 13.0 Å². The third kappa shape index (κ3) is 2.44. The van der Waals surface area contributed by atoms with Crippen molar-refractivity contribution in [1.29, 1.82) is 0 Å². The van der Waals surface area contributed by atoms with Crippen molar-refractivity contribution >= 4 is 5.82 Å². The van der Waals surface area contributed by atoms with E-state index < -0.39 is 0 Å². The number of aryl methyl sites for hydroxylation is 2. The maximum absolute atomic E-state index is 11.4. The normalized spacial score (nSPS) is 10.2. The molecule has 82 valence electrons. The predicted molar refractivity (Wildman–Crippen MR) is 60.9 cm³/mol. The van der Waals surface area contributed by atoms with Gasteiger partial charge in [0.05, 0.1) is 6.54 Å². The second kappa shape index (κ2) is 4.57. The van der Waals surface area contributed by atoms with Crippen LogP contribution in [0.15, 0.2) is 41.3 Å². The predicted octanol–water partition coefficient (Wildman–Crippen LogP) is 0.463. The molecule has 0 aliphatic rings. The summed E-state index contributed by atoms with van der Waals surface area (Å²) in [5.41, 5.74) is 6.29. The molecule has 0 unspecified atom stereocenters. The summed E-state index contributed by atoms with van der Waals surface area (Å²) in [6.07, 6.45) is 2.39. The molecule has 0 atom stereocenters. The quantitative estimate of drug-likeness (QED) is 0.809. The molecule has 2 aromatic rings. The van der Waals surface area contributed by atoms with Gasteiger partial charge in [-0.3, -0.25) is 9.78 Å². The highest BCUT2D eigenvalue weighted by molar-refractivity contribution is 5.23. The molecule has 2 aromatic heterocycles. The van der Waals surface area contributed by atoms with Crippen LogP contribution in [0.3, 0.4) is 0 Å². The highest BCUT2D eigenvalue weighted by Gasteiger charge is 1.99. The van der Waals surface area contributed by atoms with E-state index in [1.54, 1.807) is 6.20 Å². The van der Waals surface area contributed by atoms with Gasteiger partial charge in [0.1, 0.15) is 5.82 Å². The maximum atomic E-state index is 11.4. The van der Waals surface area contributed by atoms with Crippen molar-refractivity contribution < 1.29 is 0 Å². The van der Waals surface area contributed by atoms with Crippen molar-refractivity contribution in [2.75, 3.05) is 5.73 Å². The lowest BCUT2D eigenvalue weighted by Gasteiger charge is -2.04. The van der Waals surface area contributed by atoms with Crippen LogP contribution in [0.5, 0.6) is 0 Å². The number of hydrogen-bond acceptors (Lipinski definition) is 4. The molecule has 0 aliphatic heterocycles. The summed E-state index contributed by atoms with van der Waals surface area (Å²) in [6.45, 7) is 0.487. The first-order chi connectivity index (χ1) is 7.75. The first kappa shape index (κ1) is 10.4. The van der Waals surface area contributed by atoms with E-state index in [0.29, 0.717) is 18.8 Å². The van der Waals surface area contributed by atoms with E-state index in [4.69, 9.17) is 5.73 Å². The first-order valence-electron chi connectivity index (χ1n) is 4.99. The maximum Gasteiger partial charge on any atom is 0.266 e. The molecule has 0 amide bonds. The van der Waals surface area contributed by atoms with Crippen LogP contribution in [-0.2, 0) is 13.0 Å². The lowest BCUT2D eigenvalue weighted by Crippen LogP contribution is -2.23. The third-order valence-electron chi connectivity index (χ3n) is 2.19. The van der Waals surface area contributed by atoms with Gasteiger partial charge in [-0.05, 0) is 18.2 Å². The van der Waals surface area contributed by atoms with Crippen molar-refractivity contribution in [3.63, 3.8) is 0 Å². The molecule has 16 heavy (non-hydrogen) atoms. The molecular weight excluding hydrogens is 204 g/mol. The smallest absolute Gasteiger partial charge is 0.266 e. The average Bonchev–Trinajstić information content (AvgIpc) is 2.32. The van der Waals surface area contributed by atoms with Gasteiger partial charge in [0.15, 0.2) is 0 Å². The number of pyridine rings is 1. The molecule has 0 fully saturated rings. The standard InChI is InChI=1S/C11H12N4O/c12-10-4-5-11(16)15(14-10)8-6-9-3-1-2-7-13-9/h1-5,7H,6,8H2,(H2,12,14). The Labute approximate surface area is 92.6 Å². The number of anilines is 1. The Kier molecular flexibility index (Phi) is 2.95. The summed E-state index contributed by atoms with van der Waals surface area (Å²) < 4.78 is 1.35. The van der Waals surface area contributed by atoms with Gasteiger partial charge in [-0.15, -0.1) is 0 Å². The van der Waals surface area contributed by atoms with Gasteiger partial charge < -0.3 is 5.73 Å². The molecule has 0 aromatic carbocycles. The molecule has 2 heterocycles. The van der Waals surface area contributed by atoms with E-state index in [-0.39, 0.29) is 5.56 Å². The number of nitrogen functional groups attached to an aromatic ring is 1. The minimum Gasteiger partial charge on any atom is -0.382 e. The summed E-state index contributed by atoms with van der Waals surface area (Å²) in [5.74, 6) is 0.348. The van der Waals surface area contributed by atoms with Crippen LogP contribution in [0, 0.1) is 0 Å².